The Labute approximate surface area is 111 Å². The van der Waals surface area contributed by atoms with E-state index in [-0.39, 0.29) is 6.61 Å². The highest BCUT2D eigenvalue weighted by molar-refractivity contribution is 4.76. The van der Waals surface area contributed by atoms with E-state index < -0.39 is 0 Å². The van der Waals surface area contributed by atoms with E-state index in [2.05, 4.69) is 10.2 Å². The highest BCUT2D eigenvalue weighted by atomic mass is 16.3. The van der Waals surface area contributed by atoms with E-state index in [9.17, 15) is 0 Å². The van der Waals surface area contributed by atoms with Gasteiger partial charge in [-0.3, -0.25) is 4.90 Å². The third-order valence-corrected chi connectivity index (χ3v) is 3.78. The van der Waals surface area contributed by atoms with E-state index in [0.717, 1.165) is 45.1 Å². The molecule has 0 radical (unpaired) electrons. The lowest BCUT2D eigenvalue weighted by atomic mass is 9.94. The Bertz CT molecular complexity index is 185. The molecule has 1 aliphatic carbocycles. The highest BCUT2D eigenvalue weighted by Crippen LogP contribution is 2.22. The summed E-state index contributed by atoms with van der Waals surface area (Å²) in [6.45, 7) is 4.53. The number of rotatable bonds is 10. The Morgan fingerprint density at radius 3 is 2.28 bits per heavy atom. The molecule has 1 rings (SSSR count). The van der Waals surface area contributed by atoms with E-state index in [1.54, 1.807) is 0 Å². The molecule has 1 saturated carbocycles. The summed E-state index contributed by atoms with van der Waals surface area (Å²) in [5, 5.41) is 21.1. The maximum atomic E-state index is 8.99. The van der Waals surface area contributed by atoms with Crippen LogP contribution in [-0.2, 0) is 0 Å². The fraction of sp³-hybridized carbons (Fsp3) is 1.00. The molecule has 108 valence electrons. The molecular formula is C14H30N2O2. The molecule has 0 amide bonds. The minimum atomic E-state index is 0.268. The third-order valence-electron chi connectivity index (χ3n) is 3.78. The normalized spacial score (nSPS) is 17.5. The van der Waals surface area contributed by atoms with Gasteiger partial charge in [-0.25, -0.2) is 0 Å². The van der Waals surface area contributed by atoms with E-state index >= 15 is 0 Å². The Hall–Kier alpha value is -0.160. The summed E-state index contributed by atoms with van der Waals surface area (Å²) >= 11 is 0. The van der Waals surface area contributed by atoms with Gasteiger partial charge < -0.3 is 15.5 Å². The number of aliphatic hydroxyl groups excluding tert-OH is 2. The fourth-order valence-corrected chi connectivity index (χ4v) is 2.75. The molecule has 0 spiro atoms. The first-order valence-electron chi connectivity index (χ1n) is 7.55. The second-order valence-electron chi connectivity index (χ2n) is 5.23. The minimum Gasteiger partial charge on any atom is -0.396 e. The van der Waals surface area contributed by atoms with Crippen LogP contribution in [0.15, 0.2) is 0 Å². The molecule has 0 saturated heterocycles. The molecule has 0 bridgehead atoms. The van der Waals surface area contributed by atoms with E-state index in [4.69, 9.17) is 10.2 Å². The lowest BCUT2D eigenvalue weighted by molar-refractivity contribution is 0.142. The molecule has 1 fully saturated rings. The van der Waals surface area contributed by atoms with E-state index in [0.29, 0.717) is 6.61 Å². The first-order valence-corrected chi connectivity index (χ1v) is 7.55. The fourth-order valence-electron chi connectivity index (χ4n) is 2.75. The van der Waals surface area contributed by atoms with Gasteiger partial charge in [-0.1, -0.05) is 19.3 Å². The van der Waals surface area contributed by atoms with Gasteiger partial charge in [-0.05, 0) is 32.2 Å². The highest BCUT2D eigenvalue weighted by Gasteiger charge is 2.19. The van der Waals surface area contributed by atoms with Crippen LogP contribution in [-0.4, -0.2) is 60.5 Å². The average molecular weight is 258 g/mol. The molecule has 0 aromatic rings. The van der Waals surface area contributed by atoms with Crippen molar-refractivity contribution in [1.29, 1.82) is 0 Å². The summed E-state index contributed by atoms with van der Waals surface area (Å²) in [6, 6.07) is 0.727. The molecule has 0 aromatic heterocycles. The van der Waals surface area contributed by atoms with Gasteiger partial charge in [-0.15, -0.1) is 0 Å². The van der Waals surface area contributed by atoms with Crippen LogP contribution in [0.3, 0.4) is 0 Å². The standard InChI is InChI=1S/C14H30N2O2/c17-12-4-8-15-9-11-16(10-5-13-18)14-6-2-1-3-7-14/h14-15,17-18H,1-13H2. The van der Waals surface area contributed by atoms with Crippen molar-refractivity contribution >= 4 is 0 Å². The van der Waals surface area contributed by atoms with Gasteiger partial charge in [0.15, 0.2) is 0 Å². The largest absolute Gasteiger partial charge is 0.396 e. The van der Waals surface area contributed by atoms with Crippen LogP contribution in [0, 0.1) is 0 Å². The van der Waals surface area contributed by atoms with Gasteiger partial charge in [0.2, 0.25) is 0 Å². The van der Waals surface area contributed by atoms with Gasteiger partial charge in [0.05, 0.1) is 0 Å². The summed E-state index contributed by atoms with van der Waals surface area (Å²) in [5.74, 6) is 0. The zero-order valence-electron chi connectivity index (χ0n) is 11.6. The number of nitrogens with one attached hydrogen (secondary N) is 1. The van der Waals surface area contributed by atoms with Gasteiger partial charge in [0, 0.05) is 38.9 Å². The molecule has 0 aliphatic heterocycles. The third kappa shape index (κ3) is 6.69. The maximum absolute atomic E-state index is 8.99. The van der Waals surface area contributed by atoms with Crippen LogP contribution in [0.2, 0.25) is 0 Å². The van der Waals surface area contributed by atoms with Crippen molar-refractivity contribution < 1.29 is 10.2 Å². The van der Waals surface area contributed by atoms with Crippen molar-refractivity contribution in [2.24, 2.45) is 0 Å². The zero-order valence-corrected chi connectivity index (χ0v) is 11.6. The lowest BCUT2D eigenvalue weighted by Crippen LogP contribution is -2.42. The molecule has 0 atom stereocenters. The molecule has 1 aliphatic rings. The number of nitrogens with zero attached hydrogens (tertiary/aromatic N) is 1. The van der Waals surface area contributed by atoms with E-state index in [1.165, 1.54) is 32.1 Å². The summed E-state index contributed by atoms with van der Waals surface area (Å²) in [5.41, 5.74) is 0. The molecule has 3 N–H and O–H groups in total. The SMILES string of the molecule is OCCCNCCN(CCCO)C1CCCCC1. The Kier molecular flexibility index (Phi) is 9.48. The van der Waals surface area contributed by atoms with Crippen LogP contribution in [0.4, 0.5) is 0 Å². The lowest BCUT2D eigenvalue weighted by Gasteiger charge is -2.34. The topological polar surface area (TPSA) is 55.7 Å². The summed E-state index contributed by atoms with van der Waals surface area (Å²) < 4.78 is 0. The van der Waals surface area contributed by atoms with Crippen molar-refractivity contribution in [2.45, 2.75) is 51.0 Å². The van der Waals surface area contributed by atoms with Gasteiger partial charge in [0.25, 0.3) is 0 Å². The number of hydrogen-bond donors (Lipinski definition) is 3. The van der Waals surface area contributed by atoms with Crippen molar-refractivity contribution in [2.75, 3.05) is 39.4 Å². The van der Waals surface area contributed by atoms with Crippen LogP contribution in [0.1, 0.15) is 44.9 Å². The second-order valence-corrected chi connectivity index (χ2v) is 5.23. The monoisotopic (exact) mass is 258 g/mol. The molecule has 0 heterocycles. The Balaban J connectivity index is 2.21. The van der Waals surface area contributed by atoms with Crippen LogP contribution >= 0.6 is 0 Å². The van der Waals surface area contributed by atoms with Gasteiger partial charge in [0.1, 0.15) is 0 Å². The summed E-state index contributed by atoms with van der Waals surface area (Å²) in [6.07, 6.45) is 8.47. The predicted octanol–water partition coefficient (Wildman–Crippen LogP) is 0.975. The second kappa shape index (κ2) is 10.7. The molecular weight excluding hydrogens is 228 g/mol. The van der Waals surface area contributed by atoms with Crippen LogP contribution in [0.25, 0.3) is 0 Å². The van der Waals surface area contributed by atoms with Crippen LogP contribution in [0.5, 0.6) is 0 Å². The van der Waals surface area contributed by atoms with E-state index in [1.807, 2.05) is 0 Å². The quantitative estimate of drug-likeness (QED) is 0.511. The molecule has 4 nitrogen and oxygen atoms in total. The van der Waals surface area contributed by atoms with Gasteiger partial charge in [-0.2, -0.15) is 0 Å². The molecule has 4 heteroatoms. The Morgan fingerprint density at radius 1 is 0.889 bits per heavy atom. The van der Waals surface area contributed by atoms with Crippen molar-refractivity contribution in [3.8, 4) is 0 Å². The molecule has 0 aromatic carbocycles. The number of aliphatic hydroxyl groups is 2. The van der Waals surface area contributed by atoms with Crippen molar-refractivity contribution in [3.05, 3.63) is 0 Å². The average Bonchev–Trinajstić information content (AvgIpc) is 2.43. The summed E-state index contributed by atoms with van der Waals surface area (Å²) in [7, 11) is 0. The smallest absolute Gasteiger partial charge is 0.0443 e. The van der Waals surface area contributed by atoms with Gasteiger partial charge >= 0.3 is 0 Å². The Morgan fingerprint density at radius 2 is 1.61 bits per heavy atom. The first-order chi connectivity index (χ1) is 8.88. The molecule has 18 heavy (non-hydrogen) atoms. The summed E-state index contributed by atoms with van der Waals surface area (Å²) in [4.78, 5) is 2.54. The first kappa shape index (κ1) is 15.9. The molecule has 0 unspecified atom stereocenters. The maximum Gasteiger partial charge on any atom is 0.0443 e. The van der Waals surface area contributed by atoms with Crippen molar-refractivity contribution in [1.82, 2.24) is 10.2 Å². The van der Waals surface area contributed by atoms with Crippen molar-refractivity contribution in [3.63, 3.8) is 0 Å². The predicted molar refractivity (Wildman–Crippen MR) is 74.7 cm³/mol. The van der Waals surface area contributed by atoms with Crippen LogP contribution < -0.4 is 5.32 Å². The zero-order chi connectivity index (χ0) is 13.1. The minimum absolute atomic E-state index is 0.268. The number of hydrogen-bond acceptors (Lipinski definition) is 4.